The van der Waals surface area contributed by atoms with E-state index in [4.69, 9.17) is 9.47 Å². The van der Waals surface area contributed by atoms with Crippen LogP contribution in [0, 0.1) is 22.7 Å². The van der Waals surface area contributed by atoms with Crippen molar-refractivity contribution in [1.29, 1.82) is 0 Å². The van der Waals surface area contributed by atoms with Gasteiger partial charge in [-0.3, -0.25) is 0 Å². The Morgan fingerprint density at radius 3 is 2.47 bits per heavy atom. The lowest BCUT2D eigenvalue weighted by Crippen LogP contribution is -2.58. The molecule has 3 aliphatic rings. The molecular weight excluding hydrogens is 240 g/mol. The summed E-state index contributed by atoms with van der Waals surface area (Å²) in [5.41, 5.74) is 0.334. The van der Waals surface area contributed by atoms with Crippen LogP contribution >= 0.6 is 0 Å². The molecule has 3 rings (SSSR count). The predicted octanol–water partition coefficient (Wildman–Crippen LogP) is 2.96. The van der Waals surface area contributed by atoms with Crippen LogP contribution in [0.2, 0.25) is 0 Å². The van der Waals surface area contributed by atoms with Crippen LogP contribution in [-0.2, 0) is 9.47 Å². The van der Waals surface area contributed by atoms with Crippen molar-refractivity contribution in [3.63, 3.8) is 0 Å². The van der Waals surface area contributed by atoms with E-state index in [1.54, 1.807) is 0 Å². The number of hydrogen-bond acceptors (Lipinski definition) is 3. The van der Waals surface area contributed by atoms with Gasteiger partial charge in [-0.25, -0.2) is 0 Å². The van der Waals surface area contributed by atoms with Gasteiger partial charge in [0.25, 0.3) is 0 Å². The second kappa shape index (κ2) is 4.44. The van der Waals surface area contributed by atoms with E-state index in [9.17, 15) is 5.11 Å². The second-order valence-corrected chi connectivity index (χ2v) is 7.36. The van der Waals surface area contributed by atoms with E-state index < -0.39 is 0 Å². The summed E-state index contributed by atoms with van der Waals surface area (Å²) in [5.74, 6) is 0.625. The first-order valence-electron chi connectivity index (χ1n) is 7.88. The van der Waals surface area contributed by atoms with E-state index >= 15 is 0 Å². The Hall–Kier alpha value is -0.120. The normalized spacial score (nSPS) is 46.4. The molecule has 110 valence electrons. The molecule has 3 heteroatoms. The molecule has 0 unspecified atom stereocenters. The highest BCUT2D eigenvalue weighted by Gasteiger charge is 2.68. The topological polar surface area (TPSA) is 38.7 Å². The Balaban J connectivity index is 1.98. The Morgan fingerprint density at radius 1 is 1.16 bits per heavy atom. The number of aliphatic hydroxyl groups excluding tert-OH is 1. The molecule has 19 heavy (non-hydrogen) atoms. The van der Waals surface area contributed by atoms with Gasteiger partial charge in [-0.1, -0.05) is 20.8 Å². The first kappa shape index (κ1) is 13.8. The van der Waals surface area contributed by atoms with Crippen molar-refractivity contribution in [3.05, 3.63) is 0 Å². The molecule has 0 aromatic rings. The van der Waals surface area contributed by atoms with Crippen LogP contribution in [0.4, 0.5) is 0 Å². The highest BCUT2D eigenvalue weighted by atomic mass is 16.7. The highest BCUT2D eigenvalue weighted by Crippen LogP contribution is 2.69. The fourth-order valence-electron chi connectivity index (χ4n) is 5.47. The molecule has 1 spiro atoms. The molecule has 0 aromatic carbocycles. The molecule has 0 aromatic heterocycles. The van der Waals surface area contributed by atoms with Gasteiger partial charge in [-0.15, -0.1) is 0 Å². The zero-order valence-electron chi connectivity index (χ0n) is 12.6. The minimum Gasteiger partial charge on any atom is -0.396 e. The number of ether oxygens (including phenoxy) is 2. The largest absolute Gasteiger partial charge is 0.396 e. The molecule has 2 saturated carbocycles. The summed E-state index contributed by atoms with van der Waals surface area (Å²) in [6.45, 7) is 8.77. The van der Waals surface area contributed by atoms with E-state index in [0.29, 0.717) is 18.4 Å². The fourth-order valence-corrected chi connectivity index (χ4v) is 5.47. The SMILES string of the molecule is C[C@H](CO)[C@H]1CC[C@@]2(C)C3(CCC[C@]12C)OCCO3. The van der Waals surface area contributed by atoms with E-state index in [0.717, 1.165) is 19.6 Å². The minimum atomic E-state index is -0.343. The molecule has 1 aliphatic heterocycles. The Bertz CT molecular complexity index is 350. The lowest BCUT2D eigenvalue weighted by atomic mass is 9.53. The van der Waals surface area contributed by atoms with Gasteiger partial charge in [-0.05, 0) is 42.9 Å². The molecule has 1 N–H and O–H groups in total. The van der Waals surface area contributed by atoms with Crippen LogP contribution in [0.1, 0.15) is 52.9 Å². The summed E-state index contributed by atoms with van der Waals surface area (Å²) in [7, 11) is 0. The number of aliphatic hydroxyl groups is 1. The van der Waals surface area contributed by atoms with Crippen LogP contribution in [-0.4, -0.2) is 30.7 Å². The maximum Gasteiger partial charge on any atom is 0.174 e. The molecule has 3 fully saturated rings. The maximum absolute atomic E-state index is 9.58. The molecule has 2 aliphatic carbocycles. The summed E-state index contributed by atoms with van der Waals surface area (Å²) < 4.78 is 12.3. The first-order valence-corrected chi connectivity index (χ1v) is 7.88. The summed E-state index contributed by atoms with van der Waals surface area (Å²) in [6.07, 6.45) is 5.83. The molecule has 0 bridgehead atoms. The third kappa shape index (κ3) is 1.61. The maximum atomic E-state index is 9.58. The summed E-state index contributed by atoms with van der Waals surface area (Å²) in [5, 5.41) is 9.58. The van der Waals surface area contributed by atoms with Gasteiger partial charge < -0.3 is 14.6 Å². The molecule has 1 saturated heterocycles. The summed E-state index contributed by atoms with van der Waals surface area (Å²) in [4.78, 5) is 0. The molecule has 1 heterocycles. The van der Waals surface area contributed by atoms with Gasteiger partial charge in [0.2, 0.25) is 0 Å². The quantitative estimate of drug-likeness (QED) is 0.837. The van der Waals surface area contributed by atoms with Gasteiger partial charge in [0.1, 0.15) is 0 Å². The standard InChI is InChI=1S/C16H28O3/c1-12(11-17)13-5-8-15(3)14(13,2)6-4-7-16(15)18-9-10-19-16/h12-13,17H,4-11H2,1-3H3/t12-,13-,14-,15-/m1/s1. The van der Waals surface area contributed by atoms with Crippen LogP contribution in [0.15, 0.2) is 0 Å². The molecule has 0 amide bonds. The van der Waals surface area contributed by atoms with Crippen molar-refractivity contribution in [2.75, 3.05) is 19.8 Å². The van der Waals surface area contributed by atoms with Crippen molar-refractivity contribution in [2.45, 2.75) is 58.7 Å². The lowest BCUT2D eigenvalue weighted by molar-refractivity contribution is -0.286. The summed E-state index contributed by atoms with van der Waals surface area (Å²) in [6, 6.07) is 0. The Morgan fingerprint density at radius 2 is 1.84 bits per heavy atom. The van der Waals surface area contributed by atoms with Crippen LogP contribution in [0.5, 0.6) is 0 Å². The van der Waals surface area contributed by atoms with E-state index in [1.165, 1.54) is 25.7 Å². The van der Waals surface area contributed by atoms with Crippen molar-refractivity contribution in [1.82, 2.24) is 0 Å². The number of fused-ring (bicyclic) bond motifs is 2. The average molecular weight is 268 g/mol. The van der Waals surface area contributed by atoms with Gasteiger partial charge in [0.15, 0.2) is 5.79 Å². The van der Waals surface area contributed by atoms with Crippen molar-refractivity contribution in [3.8, 4) is 0 Å². The van der Waals surface area contributed by atoms with Crippen LogP contribution in [0.3, 0.4) is 0 Å². The first-order chi connectivity index (χ1) is 8.99. The highest BCUT2D eigenvalue weighted by molar-refractivity contribution is 5.13. The van der Waals surface area contributed by atoms with Crippen LogP contribution < -0.4 is 0 Å². The molecule has 4 atom stereocenters. The third-order valence-electron chi connectivity index (χ3n) is 6.81. The predicted molar refractivity (Wildman–Crippen MR) is 73.7 cm³/mol. The van der Waals surface area contributed by atoms with Crippen molar-refractivity contribution >= 4 is 0 Å². The fraction of sp³-hybridized carbons (Fsp3) is 1.00. The minimum absolute atomic E-state index is 0.100. The molecule has 3 nitrogen and oxygen atoms in total. The third-order valence-corrected chi connectivity index (χ3v) is 6.81. The van der Waals surface area contributed by atoms with E-state index in [-0.39, 0.29) is 16.6 Å². The molecule has 0 radical (unpaired) electrons. The number of hydrogen-bond donors (Lipinski definition) is 1. The Kier molecular flexibility index (Phi) is 3.23. The van der Waals surface area contributed by atoms with Gasteiger partial charge >= 0.3 is 0 Å². The molecular formula is C16H28O3. The zero-order valence-corrected chi connectivity index (χ0v) is 12.6. The zero-order chi connectivity index (χ0) is 13.7. The van der Waals surface area contributed by atoms with Gasteiger partial charge in [-0.2, -0.15) is 0 Å². The Labute approximate surface area is 116 Å². The van der Waals surface area contributed by atoms with E-state index in [1.807, 2.05) is 0 Å². The van der Waals surface area contributed by atoms with Gasteiger partial charge in [0, 0.05) is 18.4 Å². The average Bonchev–Trinajstić information content (AvgIpc) is 2.96. The van der Waals surface area contributed by atoms with Crippen LogP contribution in [0.25, 0.3) is 0 Å². The number of rotatable bonds is 2. The monoisotopic (exact) mass is 268 g/mol. The van der Waals surface area contributed by atoms with Gasteiger partial charge in [0.05, 0.1) is 13.2 Å². The lowest BCUT2D eigenvalue weighted by Gasteiger charge is -2.57. The van der Waals surface area contributed by atoms with Crippen molar-refractivity contribution < 1.29 is 14.6 Å². The smallest absolute Gasteiger partial charge is 0.174 e. The van der Waals surface area contributed by atoms with E-state index in [2.05, 4.69) is 20.8 Å². The van der Waals surface area contributed by atoms with Crippen molar-refractivity contribution in [2.24, 2.45) is 22.7 Å². The second-order valence-electron chi connectivity index (χ2n) is 7.36. The summed E-state index contributed by atoms with van der Waals surface area (Å²) >= 11 is 0.